The van der Waals surface area contributed by atoms with Crippen molar-refractivity contribution in [3.8, 4) is 0 Å². The van der Waals surface area contributed by atoms with Crippen molar-refractivity contribution in [2.24, 2.45) is 11.5 Å². The van der Waals surface area contributed by atoms with Crippen LogP contribution in [0.5, 0.6) is 0 Å². The van der Waals surface area contributed by atoms with E-state index in [1.807, 2.05) is 0 Å². The molecule has 0 aromatic carbocycles. The first kappa shape index (κ1) is 73.4. The number of hydrogen-bond acceptors (Lipinski definition) is 38. The quantitative estimate of drug-likeness (QED) is 0.0297. The Morgan fingerprint density at radius 2 is 0.988 bits per heavy atom. The molecular formula is C39H73N2O40P3. The molecular weight excluding hydrogens is 1230 g/mol. The van der Waals surface area contributed by atoms with Gasteiger partial charge in [-0.15, -0.1) is 0 Å². The lowest BCUT2D eigenvalue weighted by Crippen LogP contribution is -2.70. The molecule has 84 heavy (non-hydrogen) atoms. The van der Waals surface area contributed by atoms with Crippen LogP contribution in [0.15, 0.2) is 0 Å². The molecule has 42 nitrogen and oxygen atoms in total. The van der Waals surface area contributed by atoms with Gasteiger partial charge in [-0.05, 0) is 0 Å². The number of ether oxygens (including phenoxy) is 9. The summed E-state index contributed by atoms with van der Waals surface area (Å²) >= 11 is 0. The van der Waals surface area contributed by atoms with Crippen molar-refractivity contribution in [2.45, 2.75) is 178 Å². The summed E-state index contributed by atoms with van der Waals surface area (Å²) in [6.45, 7) is -9.09. The molecule has 5 aliphatic heterocycles. The maximum absolute atomic E-state index is 13.4. The first-order valence-corrected chi connectivity index (χ1v) is 29.5. The lowest BCUT2D eigenvalue weighted by molar-refractivity contribution is -0.414. The van der Waals surface area contributed by atoms with Crippen molar-refractivity contribution in [2.75, 3.05) is 59.3 Å². The van der Waals surface area contributed by atoms with Crippen LogP contribution in [0.1, 0.15) is 6.42 Å². The Morgan fingerprint density at radius 3 is 1.54 bits per heavy atom. The third kappa shape index (κ3) is 17.6. The third-order valence-corrected chi connectivity index (χ3v) is 17.1. The Morgan fingerprint density at radius 1 is 0.524 bits per heavy atom. The molecule has 0 amide bonds. The molecule has 5 saturated heterocycles. The van der Waals surface area contributed by atoms with Crippen molar-refractivity contribution >= 4 is 29.4 Å². The molecule has 31 atom stereocenters. The molecule has 0 aromatic heterocycles. The molecule has 5 fully saturated rings. The van der Waals surface area contributed by atoms with E-state index in [4.69, 9.17) is 67.7 Å². The third-order valence-electron chi connectivity index (χ3n) is 13.3. The van der Waals surface area contributed by atoms with Crippen LogP contribution in [0.2, 0.25) is 0 Å². The molecule has 0 aliphatic carbocycles. The number of phosphoric ester groups is 3. The summed E-state index contributed by atoms with van der Waals surface area (Å²) in [7, 11) is -17.2. The second-order valence-electron chi connectivity index (χ2n) is 19.3. The van der Waals surface area contributed by atoms with Gasteiger partial charge in [0.1, 0.15) is 140 Å². The van der Waals surface area contributed by atoms with E-state index in [1.54, 1.807) is 0 Å². The Hall–Kier alpha value is -1.32. The van der Waals surface area contributed by atoms with Crippen LogP contribution >= 0.6 is 23.5 Å². The van der Waals surface area contributed by atoms with Gasteiger partial charge in [0.25, 0.3) is 5.79 Å². The highest BCUT2D eigenvalue weighted by molar-refractivity contribution is 7.61. The number of hydrogen-bond donors (Lipinski definition) is 24. The average Bonchev–Trinajstić information content (AvgIpc) is 1.18. The molecule has 4 unspecified atom stereocenters. The predicted octanol–water partition coefficient (Wildman–Crippen LogP) is -13.7. The average molecular weight is 1300 g/mol. The number of phosphoric acid groups is 3. The van der Waals surface area contributed by atoms with E-state index in [0.717, 1.165) is 0 Å². The zero-order valence-corrected chi connectivity index (χ0v) is 46.0. The van der Waals surface area contributed by atoms with Crippen molar-refractivity contribution < 1.29 is 195 Å². The van der Waals surface area contributed by atoms with Gasteiger partial charge in [0.2, 0.25) is 0 Å². The van der Waals surface area contributed by atoms with Gasteiger partial charge >= 0.3 is 29.4 Å². The fourth-order valence-electron chi connectivity index (χ4n) is 9.14. The molecule has 0 saturated carbocycles. The minimum atomic E-state index is -6.21. The van der Waals surface area contributed by atoms with Gasteiger partial charge in [0.15, 0.2) is 25.2 Å². The zero-order chi connectivity index (χ0) is 63.1. The van der Waals surface area contributed by atoms with E-state index in [0.29, 0.717) is 0 Å². The smallest absolute Gasteiger partial charge is 0.477 e. The van der Waals surface area contributed by atoms with E-state index in [1.165, 1.54) is 0 Å². The largest absolute Gasteiger partial charge is 0.481 e. The van der Waals surface area contributed by atoms with E-state index in [-0.39, 0.29) is 0 Å². The van der Waals surface area contributed by atoms with E-state index in [2.05, 4.69) is 8.83 Å². The van der Waals surface area contributed by atoms with E-state index in [9.17, 15) is 130 Å². The SMILES string of the molecule is NCCOP(=O)(O)O[C@@H](CO)[C@H]1O[C@H](O[C@@H]2[C@H](O)[C@@H](O[C@H]3[C@@H]([C@H](O)CO)OC(O)(C(=O)O)C[C@H]3OP(=O)(O)OP(=O)(O)OCCN)O[C@H]([C@@H](O)CO)[C@H]2O[C@@H]2O[C@H](CO)[C@@H](O)[C@H](O)[C@H]2O)[C@@H](O[C@H]2O[C@H]([C@@H](O)CO)[C@@H](O)[C@H](O)[C@@H]2O)[C@@H](O)[C@@H]1O. The van der Waals surface area contributed by atoms with E-state index >= 15 is 0 Å². The number of carboxylic acid groups (broad SMARTS) is 1. The second kappa shape index (κ2) is 31.1. The van der Waals surface area contributed by atoms with E-state index < -0.39 is 267 Å². The maximum atomic E-state index is 13.4. The summed E-state index contributed by atoms with van der Waals surface area (Å²) in [5.41, 5.74) is 10.6. The number of aliphatic hydroxyl groups is 18. The van der Waals surface area contributed by atoms with Crippen molar-refractivity contribution in [3.05, 3.63) is 0 Å². The van der Waals surface area contributed by atoms with Gasteiger partial charge < -0.3 is 166 Å². The summed E-state index contributed by atoms with van der Waals surface area (Å²) in [6.07, 6.45) is -68.0. The minimum absolute atomic E-state index is 0.398. The van der Waals surface area contributed by atoms with Crippen molar-refractivity contribution in [3.63, 3.8) is 0 Å². The number of rotatable bonds is 30. The summed E-state index contributed by atoms with van der Waals surface area (Å²) in [5.74, 6) is -5.99. The summed E-state index contributed by atoms with van der Waals surface area (Å²) in [6, 6.07) is 0. The molecule has 0 aromatic rings. The van der Waals surface area contributed by atoms with Gasteiger partial charge in [-0.2, -0.15) is 4.31 Å². The predicted molar refractivity (Wildman–Crippen MR) is 254 cm³/mol. The summed E-state index contributed by atoms with van der Waals surface area (Å²) in [5, 5.41) is 206. The second-order valence-corrected chi connectivity index (χ2v) is 23.7. The lowest BCUT2D eigenvalue weighted by atomic mass is 9.91. The minimum Gasteiger partial charge on any atom is -0.477 e. The van der Waals surface area contributed by atoms with Crippen LogP contribution in [-0.4, -0.2) is 348 Å². The Kier molecular flexibility index (Phi) is 27.2. The Labute approximate surface area is 472 Å². The van der Waals surface area contributed by atoms with Crippen LogP contribution in [-0.2, 0) is 83.5 Å². The molecule has 0 radical (unpaired) electrons. The normalized spacial score (nSPS) is 43.3. The standard InChI is InChI=1S/C39H73N2O40P3/c40-1-3-68-82(62,63)80-16(10-46)29-21(54)22(55)32(76-35-24(57)19(52)20(53)26(71-35)11(47)6-42)37(73-29)75-31-25(58)36(72-27(12(48)7-43)33(31)77-34-23(56)18(51)17(50)15(9-45)70-34)74-30-14(79-84(66,67)81-83(64,65)69-4-2-41)5-39(61,38(59)60)78-28(30)13(49)8-44/h11-37,42-58,61H,1-10,40-41H2,(H,59,60)(H,62,63)(H,64,65)(H,66,67)/t11-,12-,13+,14+,15+,16-,17+,18-,19-,20-,21-,22-,23+,24-,25-,26+,27+,28+,29+,30+,31+,32-,33+,34-,35+,36+,37+,39?/m0/s1. The molecule has 0 bridgehead atoms. The van der Waals surface area contributed by atoms with Crippen LogP contribution in [0.25, 0.3) is 0 Å². The van der Waals surface area contributed by atoms with Gasteiger partial charge in [0.05, 0.1) is 46.2 Å². The number of carbonyl (C=O) groups is 1. The van der Waals surface area contributed by atoms with Crippen LogP contribution in [0, 0.1) is 0 Å². The monoisotopic (exact) mass is 1300 g/mol. The fraction of sp³-hybridized carbons (Fsp3) is 0.974. The molecule has 5 rings (SSSR count). The van der Waals surface area contributed by atoms with Crippen LogP contribution < -0.4 is 11.5 Å². The maximum Gasteiger partial charge on any atom is 0.481 e. The number of aliphatic hydroxyl groups excluding tert-OH is 17. The van der Waals surface area contributed by atoms with Crippen LogP contribution in [0.3, 0.4) is 0 Å². The van der Waals surface area contributed by atoms with Crippen molar-refractivity contribution in [1.29, 1.82) is 0 Å². The van der Waals surface area contributed by atoms with Gasteiger partial charge in [-0.25, -0.2) is 18.5 Å². The lowest BCUT2D eigenvalue weighted by Gasteiger charge is -2.52. The molecule has 0 spiro atoms. The summed E-state index contributed by atoms with van der Waals surface area (Å²) in [4.78, 5) is 43.7. The Balaban J connectivity index is 1.72. The molecule has 5 aliphatic rings. The molecule has 494 valence electrons. The van der Waals surface area contributed by atoms with Gasteiger partial charge in [-0.1, -0.05) is 0 Å². The van der Waals surface area contributed by atoms with Crippen molar-refractivity contribution in [1.82, 2.24) is 0 Å². The Bertz CT molecular complexity index is 2200. The molecule has 26 N–H and O–H groups in total. The first-order valence-electron chi connectivity index (χ1n) is 25.0. The molecule has 5 heterocycles. The highest BCUT2D eigenvalue weighted by Crippen LogP contribution is 2.62. The molecule has 45 heteroatoms. The topological polar surface area (TPSA) is 695 Å². The zero-order valence-electron chi connectivity index (χ0n) is 43.3. The van der Waals surface area contributed by atoms with Crippen LogP contribution in [0.4, 0.5) is 0 Å². The van der Waals surface area contributed by atoms with Gasteiger partial charge in [-0.3, -0.25) is 18.1 Å². The number of aliphatic carboxylic acids is 1. The fourth-order valence-corrected chi connectivity index (χ4v) is 12.3. The highest BCUT2D eigenvalue weighted by Gasteiger charge is 2.62. The highest BCUT2D eigenvalue weighted by atomic mass is 31.3. The summed E-state index contributed by atoms with van der Waals surface area (Å²) < 4.78 is 114. The number of nitrogens with two attached hydrogens (primary N) is 2. The van der Waals surface area contributed by atoms with Gasteiger partial charge in [0, 0.05) is 19.5 Å². The number of carboxylic acids is 1. The first-order chi connectivity index (χ1) is 39.2.